The van der Waals surface area contributed by atoms with Gasteiger partial charge in [0.15, 0.2) is 5.69 Å². The standard InChI is InChI=1S/C21H19N2.Bk/c1-13-4-5-17-12-16-9-7-14-6-8-15-10-11-22(2)20(15)18(14)19(16)21(17)23(13)3;/h4-9H,10,12H2,1-3H3;/q+1;. The van der Waals surface area contributed by atoms with Gasteiger partial charge in [-0.3, -0.25) is 0 Å². The molecule has 1 radical (unpaired) electrons. The molecule has 0 bridgehead atoms. The molecule has 0 saturated carbocycles. The second kappa shape index (κ2) is 4.51. The van der Waals surface area contributed by atoms with Gasteiger partial charge in [-0.1, -0.05) is 29.8 Å². The van der Waals surface area contributed by atoms with Crippen LogP contribution in [0.15, 0.2) is 36.4 Å². The zero-order valence-electron chi connectivity index (χ0n) is 14.1. The van der Waals surface area contributed by atoms with Gasteiger partial charge in [0.05, 0.1) is 5.69 Å². The fourth-order valence-corrected chi connectivity index (χ4v) is 4.19. The van der Waals surface area contributed by atoms with Gasteiger partial charge in [0.1, 0.15) is 14.1 Å². The number of rotatable bonds is 0. The number of pyridine rings is 1. The topological polar surface area (TPSA) is 6.89 Å². The van der Waals surface area contributed by atoms with Gasteiger partial charge < -0.3 is 4.58 Å². The van der Waals surface area contributed by atoms with E-state index in [0.717, 1.165) is 12.8 Å². The molecule has 2 aliphatic rings. The molecule has 0 fully saturated rings. The fourth-order valence-electron chi connectivity index (χ4n) is 4.19. The third-order valence-electron chi connectivity index (χ3n) is 5.48. The van der Waals surface area contributed by atoms with E-state index in [1.54, 1.807) is 0 Å². The zero-order chi connectivity index (χ0) is 15.7. The Morgan fingerprint density at radius 1 is 0.917 bits per heavy atom. The van der Waals surface area contributed by atoms with Crippen LogP contribution in [-0.2, 0) is 19.9 Å². The van der Waals surface area contributed by atoms with E-state index in [1.807, 2.05) is 0 Å². The van der Waals surface area contributed by atoms with E-state index < -0.39 is 0 Å². The maximum Gasteiger partial charge on any atom is 0.215 e. The number of aromatic nitrogens is 1. The van der Waals surface area contributed by atoms with Crippen molar-refractivity contribution in [2.24, 2.45) is 7.05 Å². The van der Waals surface area contributed by atoms with E-state index in [2.05, 4.69) is 72.8 Å². The molecule has 2 nitrogen and oxygen atoms in total. The Labute approximate surface area is 136 Å². The minimum Gasteiger partial charge on any atom is -0.366 e. The number of benzene rings is 2. The van der Waals surface area contributed by atoms with Gasteiger partial charge in [-0.25, -0.2) is 0 Å². The molecule has 2 aromatic carbocycles. The van der Waals surface area contributed by atoms with Gasteiger partial charge >= 0.3 is 0 Å². The van der Waals surface area contributed by atoms with Crippen molar-refractivity contribution in [1.82, 2.24) is 0 Å². The predicted molar refractivity (Wildman–Crippen MR) is 92.7 cm³/mol. The van der Waals surface area contributed by atoms with Gasteiger partial charge in [-0.05, 0) is 28.8 Å². The van der Waals surface area contributed by atoms with Crippen molar-refractivity contribution < 1.29 is 9.14 Å². The first-order valence-electron chi connectivity index (χ1n) is 8.19. The molecule has 0 atom stereocenters. The maximum atomic E-state index is 3.44. The number of aryl methyl sites for hydroxylation is 1. The van der Waals surface area contributed by atoms with Crippen molar-refractivity contribution in [3.63, 3.8) is 0 Å². The summed E-state index contributed by atoms with van der Waals surface area (Å²) < 4.78 is 4.54. The van der Waals surface area contributed by atoms with Crippen LogP contribution in [-0.4, -0.2) is 17.8 Å². The quantitative estimate of drug-likeness (QED) is 0.236. The van der Waals surface area contributed by atoms with E-state index in [4.69, 9.17) is 0 Å². The van der Waals surface area contributed by atoms with Crippen molar-refractivity contribution in [3.05, 3.63) is 58.8 Å². The van der Waals surface area contributed by atoms with E-state index in [9.17, 15) is 0 Å². The van der Waals surface area contributed by atoms with Crippen molar-refractivity contribution in [2.45, 2.75) is 19.8 Å². The molecular formula is C21H19BkN2+. The molecule has 2 heterocycles. The number of hydrogen-bond acceptors (Lipinski definition) is 0. The number of fused-ring (bicyclic) bond motifs is 7. The average Bonchev–Trinajstić information content (AvgIpc) is 3.12. The molecule has 1 aromatic heterocycles. The SMILES string of the molecule is Cc1ccc2c([n+]1C)-c1c(ccc3ccc4c(c13)[N+](C)=[C-]C4)C2.[Bk]. The minimum atomic E-state index is 0. The summed E-state index contributed by atoms with van der Waals surface area (Å²) in [6.45, 7) is 2.18. The third kappa shape index (κ3) is 1.55. The molecule has 0 N–H and O–H groups in total. The summed E-state index contributed by atoms with van der Waals surface area (Å²) in [6, 6.07) is 13.6. The Balaban J connectivity index is 0.00000146. The van der Waals surface area contributed by atoms with E-state index in [1.165, 1.54) is 50.1 Å². The Bertz CT molecular complexity index is 1050. The van der Waals surface area contributed by atoms with Gasteiger partial charge in [-0.2, -0.15) is 4.57 Å². The predicted octanol–water partition coefficient (Wildman–Crippen LogP) is 3.32. The Morgan fingerprint density at radius 3 is 2.42 bits per heavy atom. The molecular weight excluding hydrogens is 527 g/mol. The summed E-state index contributed by atoms with van der Waals surface area (Å²) in [4.78, 5) is 0. The third-order valence-corrected chi connectivity index (χ3v) is 5.48. The van der Waals surface area contributed by atoms with Gasteiger partial charge in [0, 0.05) is 36.8 Å². The van der Waals surface area contributed by atoms with Crippen LogP contribution >= 0.6 is 0 Å². The second-order valence-corrected chi connectivity index (χ2v) is 6.75. The van der Waals surface area contributed by atoms with Gasteiger partial charge in [-0.15, -0.1) is 0 Å². The van der Waals surface area contributed by atoms with Crippen LogP contribution in [0.5, 0.6) is 0 Å². The zero-order valence-corrected chi connectivity index (χ0v) is 16.9. The smallest absolute Gasteiger partial charge is 0.215 e. The Morgan fingerprint density at radius 2 is 1.62 bits per heavy atom. The molecule has 0 spiro atoms. The van der Waals surface area contributed by atoms with E-state index in [0.29, 0.717) is 0 Å². The summed E-state index contributed by atoms with van der Waals surface area (Å²) in [5.74, 6) is 0. The molecule has 1 aliphatic carbocycles. The van der Waals surface area contributed by atoms with Crippen LogP contribution in [0, 0.1) is 6.92 Å². The van der Waals surface area contributed by atoms with E-state index >= 15 is 0 Å². The molecule has 5 rings (SSSR count). The monoisotopic (exact) mass is 546 g/mol. The van der Waals surface area contributed by atoms with Crippen LogP contribution < -0.4 is 4.57 Å². The average molecular weight is 546 g/mol. The van der Waals surface area contributed by atoms with Gasteiger partial charge in [0.2, 0.25) is 5.69 Å². The Kier molecular flexibility index (Phi) is 2.66. The number of hydrogen-bond donors (Lipinski definition) is 0. The van der Waals surface area contributed by atoms with Crippen LogP contribution in [0.1, 0.15) is 22.4 Å². The maximum absolute atomic E-state index is 3.44. The van der Waals surface area contributed by atoms with Crippen molar-refractivity contribution in [2.75, 3.05) is 7.05 Å². The van der Waals surface area contributed by atoms with Crippen LogP contribution in [0.4, 0.5) is 5.69 Å². The molecule has 0 amide bonds. The first kappa shape index (κ1) is 14.1. The summed E-state index contributed by atoms with van der Waals surface area (Å²) >= 11 is 0. The summed E-state index contributed by atoms with van der Waals surface area (Å²) in [5.41, 5.74) is 9.73. The van der Waals surface area contributed by atoms with Crippen molar-refractivity contribution >= 4 is 22.7 Å². The molecule has 0 unspecified atom stereocenters. The largest absolute Gasteiger partial charge is 0.366 e. The van der Waals surface area contributed by atoms with Crippen LogP contribution in [0.2, 0.25) is 0 Å². The normalized spacial score (nSPS) is 14.0. The molecule has 121 valence electrons. The Hall–Kier alpha value is -3.48. The van der Waals surface area contributed by atoms with Crippen LogP contribution in [0.3, 0.4) is 0 Å². The fraction of sp³-hybridized carbons (Fsp3) is 0.238. The summed E-state index contributed by atoms with van der Waals surface area (Å²) in [7, 11) is 4.31. The number of nitrogens with zero attached hydrogens (tertiary/aromatic N) is 2. The van der Waals surface area contributed by atoms with Gasteiger partial charge in [0.25, 0.3) is 0 Å². The molecule has 24 heavy (non-hydrogen) atoms. The molecule has 0 saturated heterocycles. The second-order valence-electron chi connectivity index (χ2n) is 6.75. The van der Waals surface area contributed by atoms with Crippen molar-refractivity contribution in [1.29, 1.82) is 0 Å². The van der Waals surface area contributed by atoms with Crippen molar-refractivity contribution in [3.8, 4) is 11.3 Å². The summed E-state index contributed by atoms with van der Waals surface area (Å²) in [6.07, 6.45) is 5.40. The molecule has 3 heteroatoms. The molecule has 1 aliphatic heterocycles. The van der Waals surface area contributed by atoms with Crippen LogP contribution in [0.25, 0.3) is 22.0 Å². The first-order chi connectivity index (χ1) is 11.1. The molecule has 3 aromatic rings. The van der Waals surface area contributed by atoms with E-state index in [-0.39, 0.29) is 0 Å². The first-order valence-corrected chi connectivity index (χ1v) is 8.19. The minimum absolute atomic E-state index is 0. The summed E-state index contributed by atoms with van der Waals surface area (Å²) in [5, 5.41) is 2.72.